The number of benzene rings is 1. The minimum Gasteiger partial charge on any atom is -0.382 e. The number of amides is 1. The van der Waals surface area contributed by atoms with Gasteiger partial charge in [-0.15, -0.1) is 0 Å². The maximum atomic E-state index is 12.2. The highest BCUT2D eigenvalue weighted by molar-refractivity contribution is 5.97. The van der Waals surface area contributed by atoms with Gasteiger partial charge in [-0.2, -0.15) is 5.26 Å². The minimum atomic E-state index is -0.350. The van der Waals surface area contributed by atoms with E-state index in [1.807, 2.05) is 38.2 Å². The fraction of sp³-hybridized carbons (Fsp3) is 0.429. The van der Waals surface area contributed by atoms with Crippen LogP contribution in [0.5, 0.6) is 0 Å². The van der Waals surface area contributed by atoms with Crippen LogP contribution >= 0.6 is 0 Å². The molecule has 138 valence electrons. The van der Waals surface area contributed by atoms with Gasteiger partial charge < -0.3 is 15.0 Å². The fourth-order valence-corrected chi connectivity index (χ4v) is 3.24. The average molecular weight is 353 g/mol. The second-order valence-corrected chi connectivity index (χ2v) is 6.75. The van der Waals surface area contributed by atoms with E-state index >= 15 is 0 Å². The van der Waals surface area contributed by atoms with E-state index in [9.17, 15) is 10.1 Å². The topological polar surface area (TPSA) is 65.4 Å². The Balaban J connectivity index is 2.13. The summed E-state index contributed by atoms with van der Waals surface area (Å²) >= 11 is 0. The third-order valence-electron chi connectivity index (χ3n) is 4.67. The molecular weight excluding hydrogens is 326 g/mol. The molecule has 0 bridgehead atoms. The predicted molar refractivity (Wildman–Crippen MR) is 104 cm³/mol. The van der Waals surface area contributed by atoms with Gasteiger partial charge in [-0.25, -0.2) is 0 Å². The number of anilines is 1. The Kier molecular flexibility index (Phi) is 6.59. The number of hydrogen-bond acceptors (Lipinski definition) is 4. The lowest BCUT2D eigenvalue weighted by atomic mass is 9.83. The Hall–Kier alpha value is -2.58. The molecule has 1 aromatic rings. The van der Waals surface area contributed by atoms with Gasteiger partial charge in [0, 0.05) is 43.6 Å². The molecule has 0 aromatic heterocycles. The molecule has 2 rings (SSSR count). The number of ether oxygens (including phenoxy) is 1. The lowest BCUT2D eigenvalue weighted by molar-refractivity contribution is -0.117. The molecule has 1 aromatic carbocycles. The van der Waals surface area contributed by atoms with E-state index in [1.54, 1.807) is 6.08 Å². The fourth-order valence-electron chi connectivity index (χ4n) is 3.24. The first-order valence-corrected chi connectivity index (χ1v) is 8.95. The van der Waals surface area contributed by atoms with Crippen molar-refractivity contribution in [1.29, 1.82) is 5.26 Å². The van der Waals surface area contributed by atoms with Gasteiger partial charge in [-0.05, 0) is 37.1 Å². The quantitative estimate of drug-likeness (QED) is 0.464. The highest BCUT2D eigenvalue weighted by atomic mass is 16.5. The van der Waals surface area contributed by atoms with E-state index in [0.29, 0.717) is 19.8 Å². The van der Waals surface area contributed by atoms with Crippen LogP contribution in [0.15, 0.2) is 47.7 Å². The second kappa shape index (κ2) is 8.68. The molecular formula is C21H27N3O2. The van der Waals surface area contributed by atoms with Crippen molar-refractivity contribution in [3.05, 3.63) is 53.3 Å². The number of para-hydroxylation sites is 1. The van der Waals surface area contributed by atoms with Gasteiger partial charge >= 0.3 is 0 Å². The van der Waals surface area contributed by atoms with Crippen molar-refractivity contribution in [2.75, 3.05) is 31.7 Å². The van der Waals surface area contributed by atoms with Crippen LogP contribution in [0.3, 0.4) is 0 Å². The Morgan fingerprint density at radius 2 is 2.12 bits per heavy atom. The summed E-state index contributed by atoms with van der Waals surface area (Å²) in [5, 5.41) is 12.1. The molecule has 0 saturated heterocycles. The number of carbonyl (C=O) groups is 1. The zero-order chi connectivity index (χ0) is 19.2. The zero-order valence-electron chi connectivity index (χ0n) is 16.0. The molecule has 0 aliphatic carbocycles. The Morgan fingerprint density at radius 3 is 2.77 bits per heavy atom. The number of fused-ring (bicyclic) bond motifs is 1. The van der Waals surface area contributed by atoms with Crippen LogP contribution in [-0.4, -0.2) is 32.7 Å². The van der Waals surface area contributed by atoms with Crippen LogP contribution in [0.1, 0.15) is 32.8 Å². The first-order chi connectivity index (χ1) is 12.4. The first-order valence-electron chi connectivity index (χ1n) is 8.95. The maximum Gasteiger partial charge on any atom is 0.261 e. The molecule has 5 heteroatoms. The summed E-state index contributed by atoms with van der Waals surface area (Å²) < 4.78 is 5.24. The number of carbonyl (C=O) groups excluding carboxylic acids is 1. The molecule has 1 heterocycles. The van der Waals surface area contributed by atoms with Crippen LogP contribution in [0.25, 0.3) is 0 Å². The van der Waals surface area contributed by atoms with Gasteiger partial charge in [0.1, 0.15) is 11.6 Å². The van der Waals surface area contributed by atoms with Crippen molar-refractivity contribution < 1.29 is 9.53 Å². The van der Waals surface area contributed by atoms with E-state index in [0.717, 1.165) is 17.8 Å². The SMILES string of the molecule is CCOCCCNC(=O)/C(C#N)=C/C=C1/N(C)c2ccccc2C1(C)C. The third kappa shape index (κ3) is 4.14. The molecule has 1 amide bonds. The van der Waals surface area contributed by atoms with Crippen molar-refractivity contribution >= 4 is 11.6 Å². The summed E-state index contributed by atoms with van der Waals surface area (Å²) in [7, 11) is 2.01. The minimum absolute atomic E-state index is 0.106. The van der Waals surface area contributed by atoms with Gasteiger partial charge in [-0.3, -0.25) is 4.79 Å². The molecule has 5 nitrogen and oxygen atoms in total. The van der Waals surface area contributed by atoms with Gasteiger partial charge in [0.2, 0.25) is 0 Å². The Bertz CT molecular complexity index is 757. The highest BCUT2D eigenvalue weighted by Gasteiger charge is 2.37. The summed E-state index contributed by atoms with van der Waals surface area (Å²) in [6, 6.07) is 10.2. The molecule has 1 aliphatic heterocycles. The number of nitrogens with one attached hydrogen (secondary N) is 1. The summed E-state index contributed by atoms with van der Waals surface area (Å²) in [5.41, 5.74) is 3.36. The van der Waals surface area contributed by atoms with Crippen molar-refractivity contribution in [3.63, 3.8) is 0 Å². The molecule has 0 fully saturated rings. The maximum absolute atomic E-state index is 12.2. The zero-order valence-corrected chi connectivity index (χ0v) is 16.0. The van der Waals surface area contributed by atoms with Crippen LogP contribution < -0.4 is 10.2 Å². The van der Waals surface area contributed by atoms with E-state index in [4.69, 9.17) is 4.74 Å². The van der Waals surface area contributed by atoms with Gasteiger partial charge in [0.15, 0.2) is 0 Å². The molecule has 0 unspecified atom stereocenters. The van der Waals surface area contributed by atoms with Crippen molar-refractivity contribution in [2.24, 2.45) is 0 Å². The summed E-state index contributed by atoms with van der Waals surface area (Å²) in [5.74, 6) is -0.350. The normalized spacial score (nSPS) is 17.1. The van der Waals surface area contributed by atoms with E-state index < -0.39 is 0 Å². The van der Waals surface area contributed by atoms with Crippen molar-refractivity contribution in [1.82, 2.24) is 5.32 Å². The average Bonchev–Trinajstić information content (AvgIpc) is 2.82. The van der Waals surface area contributed by atoms with E-state index in [-0.39, 0.29) is 16.9 Å². The van der Waals surface area contributed by atoms with E-state index in [2.05, 4.69) is 36.2 Å². The third-order valence-corrected chi connectivity index (χ3v) is 4.67. The summed E-state index contributed by atoms with van der Waals surface area (Å²) in [6.07, 6.45) is 4.21. The molecule has 0 radical (unpaired) electrons. The van der Waals surface area contributed by atoms with E-state index in [1.165, 1.54) is 5.56 Å². The van der Waals surface area contributed by atoms with Crippen LogP contribution in [0, 0.1) is 11.3 Å². The monoisotopic (exact) mass is 353 g/mol. The molecule has 1 N–H and O–H groups in total. The number of allylic oxidation sites excluding steroid dienone is 3. The largest absolute Gasteiger partial charge is 0.382 e. The number of hydrogen-bond donors (Lipinski definition) is 1. The smallest absolute Gasteiger partial charge is 0.261 e. The molecule has 0 saturated carbocycles. The van der Waals surface area contributed by atoms with Crippen molar-refractivity contribution in [3.8, 4) is 6.07 Å². The van der Waals surface area contributed by atoms with Crippen LogP contribution in [0.4, 0.5) is 5.69 Å². The number of likely N-dealkylation sites (N-methyl/N-ethyl adjacent to an activating group) is 1. The molecule has 26 heavy (non-hydrogen) atoms. The lowest BCUT2D eigenvalue weighted by Gasteiger charge is -2.23. The molecule has 0 spiro atoms. The number of nitriles is 1. The predicted octanol–water partition coefficient (Wildman–Crippen LogP) is 3.29. The molecule has 0 atom stereocenters. The highest BCUT2D eigenvalue weighted by Crippen LogP contribution is 2.46. The second-order valence-electron chi connectivity index (χ2n) is 6.75. The van der Waals surface area contributed by atoms with Crippen LogP contribution in [0.2, 0.25) is 0 Å². The standard InChI is InChI=1S/C21H27N3O2/c1-5-26-14-8-13-23-20(25)16(15-22)11-12-19-21(2,3)17-9-6-7-10-18(17)24(19)4/h6-7,9-12H,5,8,13-14H2,1-4H3,(H,23,25)/b16-11+,19-12+. The van der Waals surface area contributed by atoms with Gasteiger partial charge in [0.25, 0.3) is 5.91 Å². The van der Waals surface area contributed by atoms with Crippen molar-refractivity contribution in [2.45, 2.75) is 32.6 Å². The molecule has 1 aliphatic rings. The summed E-state index contributed by atoms with van der Waals surface area (Å²) in [6.45, 7) is 7.98. The number of nitrogens with zero attached hydrogens (tertiary/aromatic N) is 2. The Morgan fingerprint density at radius 1 is 1.38 bits per heavy atom. The lowest BCUT2D eigenvalue weighted by Crippen LogP contribution is -2.26. The van der Waals surface area contributed by atoms with Crippen LogP contribution in [-0.2, 0) is 14.9 Å². The Labute approximate surface area is 155 Å². The summed E-state index contributed by atoms with van der Waals surface area (Å²) in [4.78, 5) is 14.3. The van der Waals surface area contributed by atoms with Gasteiger partial charge in [0.05, 0.1) is 0 Å². The first kappa shape index (κ1) is 19.7. The van der Waals surface area contributed by atoms with Gasteiger partial charge in [-0.1, -0.05) is 32.0 Å². The number of rotatable bonds is 7.